The van der Waals surface area contributed by atoms with Crippen LogP contribution in [0.4, 0.5) is 4.79 Å². The molecule has 2 amide bonds. The van der Waals surface area contributed by atoms with Crippen molar-refractivity contribution in [2.24, 2.45) is 0 Å². The van der Waals surface area contributed by atoms with Gasteiger partial charge in [-0.25, -0.2) is 19.0 Å². The second-order valence-corrected chi connectivity index (χ2v) is 8.19. The van der Waals surface area contributed by atoms with Crippen LogP contribution in [0.3, 0.4) is 0 Å². The van der Waals surface area contributed by atoms with Crippen molar-refractivity contribution in [3.63, 3.8) is 0 Å². The highest BCUT2D eigenvalue weighted by Gasteiger charge is 2.61. The summed E-state index contributed by atoms with van der Waals surface area (Å²) in [7, 11) is 0. The minimum Gasteiger partial charge on any atom is -0.481 e. The molecule has 5 rings (SSSR count). The van der Waals surface area contributed by atoms with Crippen LogP contribution in [0.5, 0.6) is 0 Å². The Bertz CT molecular complexity index is 1130. The summed E-state index contributed by atoms with van der Waals surface area (Å²) in [5.41, 5.74) is 0.440. The molecule has 1 aromatic carbocycles. The Morgan fingerprint density at radius 3 is 2.52 bits per heavy atom. The number of carbonyl (C=O) groups is 3. The van der Waals surface area contributed by atoms with E-state index < -0.39 is 29.7 Å². The van der Waals surface area contributed by atoms with Crippen LogP contribution in [-0.4, -0.2) is 71.5 Å². The molecule has 3 unspecified atom stereocenters. The molecular formula is C22H23ClN4O6. The lowest BCUT2D eigenvalue weighted by molar-refractivity contribution is -0.234. The van der Waals surface area contributed by atoms with Crippen LogP contribution in [0.2, 0.25) is 0 Å². The predicted molar refractivity (Wildman–Crippen MR) is 118 cm³/mol. The normalized spacial score (nSPS) is 25.4. The highest BCUT2D eigenvalue weighted by molar-refractivity contribution is 6.22. The van der Waals surface area contributed by atoms with Crippen LogP contribution >= 0.6 is 11.8 Å². The van der Waals surface area contributed by atoms with Crippen molar-refractivity contribution >= 4 is 40.8 Å². The van der Waals surface area contributed by atoms with E-state index in [1.54, 1.807) is 30.6 Å². The molecule has 11 heteroatoms. The summed E-state index contributed by atoms with van der Waals surface area (Å²) in [6.45, 7) is 1.03. The number of benzene rings is 1. The zero-order chi connectivity index (χ0) is 23.6. The molecule has 2 saturated heterocycles. The van der Waals surface area contributed by atoms with Crippen LogP contribution in [0, 0.1) is 0 Å². The molecule has 3 atom stereocenters. The molecule has 3 heterocycles. The summed E-state index contributed by atoms with van der Waals surface area (Å²) < 4.78 is 8.20. The van der Waals surface area contributed by atoms with Crippen LogP contribution in [0.25, 0.3) is 11.0 Å². The zero-order valence-electron chi connectivity index (χ0n) is 17.6. The van der Waals surface area contributed by atoms with E-state index in [2.05, 4.69) is 4.98 Å². The number of para-hydroxylation sites is 2. The molecule has 1 aromatic heterocycles. The number of halogens is 1. The largest absolute Gasteiger partial charge is 0.481 e. The number of fused-ring (bicyclic) bond motifs is 2. The second kappa shape index (κ2) is 9.24. The van der Waals surface area contributed by atoms with Crippen LogP contribution in [0.1, 0.15) is 19.3 Å². The summed E-state index contributed by atoms with van der Waals surface area (Å²) in [6.07, 6.45) is 9.95. The van der Waals surface area contributed by atoms with Gasteiger partial charge in [0, 0.05) is 31.2 Å². The van der Waals surface area contributed by atoms with Crippen LogP contribution in [-0.2, 0) is 20.9 Å². The number of aromatic nitrogens is 2. The van der Waals surface area contributed by atoms with Crippen molar-refractivity contribution in [1.82, 2.24) is 18.9 Å². The summed E-state index contributed by atoms with van der Waals surface area (Å²) in [6, 6.07) is 6.53. The molecule has 10 nitrogen and oxygen atoms in total. The van der Waals surface area contributed by atoms with E-state index in [1.165, 1.54) is 4.90 Å². The lowest BCUT2D eigenvalue weighted by atomic mass is 9.97. The zero-order valence-corrected chi connectivity index (χ0v) is 18.3. The third-order valence-electron chi connectivity index (χ3n) is 5.85. The minimum absolute atomic E-state index is 0.201. The first kappa shape index (κ1) is 22.8. The molecular weight excluding hydrogens is 452 g/mol. The maximum atomic E-state index is 12.1. The fourth-order valence-electron chi connectivity index (χ4n) is 4.13. The molecule has 0 saturated carbocycles. The number of ether oxygens (including phenoxy) is 1. The monoisotopic (exact) mass is 474 g/mol. The highest BCUT2D eigenvalue weighted by Crippen LogP contribution is 2.40. The lowest BCUT2D eigenvalue weighted by Crippen LogP contribution is -2.65. The first-order valence-corrected chi connectivity index (χ1v) is 10.8. The van der Waals surface area contributed by atoms with Gasteiger partial charge in [0.25, 0.3) is 0 Å². The average Bonchev–Trinajstić information content (AvgIpc) is 3.28. The number of imidazole rings is 1. The van der Waals surface area contributed by atoms with Gasteiger partial charge in [-0.3, -0.25) is 9.69 Å². The number of allylic oxidation sites excluding steroid dienone is 2. The van der Waals surface area contributed by atoms with Gasteiger partial charge in [-0.1, -0.05) is 36.4 Å². The number of hydrogen-bond donors (Lipinski definition) is 2. The summed E-state index contributed by atoms with van der Waals surface area (Å²) in [5, 5.41) is 17.8. The summed E-state index contributed by atoms with van der Waals surface area (Å²) in [5.74, 6) is -1.91. The third kappa shape index (κ3) is 4.19. The Hall–Kier alpha value is -3.37. The van der Waals surface area contributed by atoms with Gasteiger partial charge in [0.2, 0.25) is 5.72 Å². The van der Waals surface area contributed by atoms with Crippen molar-refractivity contribution in [3.8, 4) is 0 Å². The molecule has 1 aliphatic carbocycles. The van der Waals surface area contributed by atoms with Gasteiger partial charge < -0.3 is 19.5 Å². The number of hydrogen-bond acceptors (Lipinski definition) is 5. The van der Waals surface area contributed by atoms with Gasteiger partial charge in [-0.2, -0.15) is 0 Å². The number of urea groups is 1. The van der Waals surface area contributed by atoms with E-state index in [-0.39, 0.29) is 18.9 Å². The second-order valence-electron chi connectivity index (χ2n) is 7.83. The molecule has 0 spiro atoms. The number of nitrogens with zero attached hydrogens (tertiary/aromatic N) is 4. The predicted octanol–water partition coefficient (Wildman–Crippen LogP) is 2.84. The van der Waals surface area contributed by atoms with Gasteiger partial charge in [0.15, 0.2) is 0 Å². The van der Waals surface area contributed by atoms with E-state index in [9.17, 15) is 19.5 Å². The Morgan fingerprint density at radius 1 is 1.18 bits per heavy atom. The number of carboxylic acid groups (broad SMARTS) is 2. The maximum absolute atomic E-state index is 12.1. The number of carbonyl (C=O) groups excluding carboxylic acids is 1. The molecule has 2 aliphatic heterocycles. The molecule has 2 fully saturated rings. The first-order valence-electron chi connectivity index (χ1n) is 10.5. The number of aliphatic carboxylic acids is 2. The molecule has 0 bridgehead atoms. The summed E-state index contributed by atoms with van der Waals surface area (Å²) >= 11 is 5.93. The van der Waals surface area contributed by atoms with Crippen LogP contribution in [0.15, 0.2) is 54.9 Å². The SMILES string of the molecule is O=C(O)CCCn1cnc2ccccc21.O=C1N(Cl)C2C=CC=CC2N1C1(C(=O)O)CCO1. The standard InChI is InChI=1S/C11H11ClN2O4.C11H12N2O2/c12-14-8-4-2-1-3-7(8)13(10(14)17)11(9(15)16)5-6-18-11;14-11(15)6-3-7-13-8-12-9-4-1-2-5-10(9)13/h1-4,7-8H,5-6H2,(H,15,16);1-2,4-5,8H,3,6-7H2,(H,14,15). The lowest BCUT2D eigenvalue weighted by Gasteiger charge is -2.45. The minimum atomic E-state index is -1.57. The maximum Gasteiger partial charge on any atom is 0.357 e. The smallest absolute Gasteiger partial charge is 0.357 e. The van der Waals surface area contributed by atoms with Crippen molar-refractivity contribution in [1.29, 1.82) is 0 Å². The average molecular weight is 475 g/mol. The third-order valence-corrected chi connectivity index (χ3v) is 6.22. The number of rotatable bonds is 6. The van der Waals surface area contributed by atoms with Crippen LogP contribution < -0.4 is 0 Å². The van der Waals surface area contributed by atoms with Gasteiger partial charge in [0.05, 0.1) is 36.1 Å². The van der Waals surface area contributed by atoms with E-state index in [4.69, 9.17) is 21.6 Å². The molecule has 2 aromatic rings. The Balaban J connectivity index is 0.000000160. The van der Waals surface area contributed by atoms with Crippen molar-refractivity contribution < 1.29 is 29.3 Å². The van der Waals surface area contributed by atoms with Gasteiger partial charge in [-0.15, -0.1) is 0 Å². The highest BCUT2D eigenvalue weighted by atomic mass is 35.5. The van der Waals surface area contributed by atoms with E-state index in [0.717, 1.165) is 15.5 Å². The number of amides is 2. The molecule has 2 N–H and O–H groups in total. The van der Waals surface area contributed by atoms with E-state index in [0.29, 0.717) is 19.6 Å². The van der Waals surface area contributed by atoms with Crippen molar-refractivity contribution in [2.75, 3.05) is 6.61 Å². The molecule has 33 heavy (non-hydrogen) atoms. The Labute approximate surface area is 194 Å². The Kier molecular flexibility index (Phi) is 6.39. The van der Waals surface area contributed by atoms with Gasteiger partial charge in [0.1, 0.15) is 0 Å². The summed E-state index contributed by atoms with van der Waals surface area (Å²) in [4.78, 5) is 39.3. The number of carboxylic acids is 2. The van der Waals surface area contributed by atoms with Crippen molar-refractivity contribution in [3.05, 3.63) is 54.9 Å². The van der Waals surface area contributed by atoms with Crippen molar-refractivity contribution in [2.45, 2.75) is 43.6 Å². The van der Waals surface area contributed by atoms with E-state index >= 15 is 0 Å². The molecule has 0 radical (unpaired) electrons. The van der Waals surface area contributed by atoms with Gasteiger partial charge in [-0.05, 0) is 18.6 Å². The fourth-order valence-corrected chi connectivity index (χ4v) is 4.39. The molecule has 3 aliphatic rings. The van der Waals surface area contributed by atoms with E-state index in [1.807, 2.05) is 28.8 Å². The topological polar surface area (TPSA) is 125 Å². The fraction of sp³-hybridized carbons (Fsp3) is 0.364. The Morgan fingerprint density at radius 2 is 1.88 bits per heavy atom. The first-order chi connectivity index (χ1) is 15.8. The number of aryl methyl sites for hydroxylation is 1. The van der Waals surface area contributed by atoms with Gasteiger partial charge >= 0.3 is 18.0 Å². The molecule has 174 valence electrons. The quantitative estimate of drug-likeness (QED) is 0.616.